The van der Waals surface area contributed by atoms with Gasteiger partial charge >= 0.3 is 0 Å². The van der Waals surface area contributed by atoms with E-state index in [4.69, 9.17) is 11.6 Å². The number of hydrogen-bond donors (Lipinski definition) is 0. The van der Waals surface area contributed by atoms with E-state index in [2.05, 4.69) is 6.92 Å². The maximum absolute atomic E-state index is 13.0. The van der Waals surface area contributed by atoms with Gasteiger partial charge in [0.1, 0.15) is 0 Å². The van der Waals surface area contributed by atoms with Gasteiger partial charge in [0.05, 0.1) is 6.04 Å². The highest BCUT2D eigenvalue weighted by atomic mass is 35.5. The van der Waals surface area contributed by atoms with Crippen molar-refractivity contribution in [2.75, 3.05) is 6.26 Å². The Kier molecular flexibility index (Phi) is 5.07. The van der Waals surface area contributed by atoms with Crippen molar-refractivity contribution < 1.29 is 9.00 Å². The largest absolute Gasteiger partial charge is 0.329 e. The fourth-order valence-corrected chi connectivity index (χ4v) is 3.50. The lowest BCUT2D eigenvalue weighted by atomic mass is 10.1. The van der Waals surface area contributed by atoms with Gasteiger partial charge in [-0.2, -0.15) is 0 Å². The molecule has 2 aromatic carbocycles. The molecule has 1 amide bonds. The van der Waals surface area contributed by atoms with Crippen LogP contribution in [0.1, 0.15) is 41.7 Å². The minimum absolute atomic E-state index is 0.0118. The third-order valence-electron chi connectivity index (χ3n) is 4.38. The summed E-state index contributed by atoms with van der Waals surface area (Å²) in [5, 5.41) is 0.693. The molecule has 0 heterocycles. The smallest absolute Gasteiger partial charge is 0.254 e. The van der Waals surface area contributed by atoms with Gasteiger partial charge in [-0.25, -0.2) is 0 Å². The number of amides is 1. The number of halogens is 1. The van der Waals surface area contributed by atoms with Crippen LogP contribution >= 0.6 is 11.6 Å². The van der Waals surface area contributed by atoms with Gasteiger partial charge in [-0.05, 0) is 61.7 Å². The maximum Gasteiger partial charge on any atom is 0.254 e. The number of hydrogen-bond acceptors (Lipinski definition) is 2. The topological polar surface area (TPSA) is 37.4 Å². The Labute approximate surface area is 150 Å². The van der Waals surface area contributed by atoms with Gasteiger partial charge in [0.15, 0.2) is 0 Å². The van der Waals surface area contributed by atoms with E-state index in [-0.39, 0.29) is 11.9 Å². The SMILES string of the molecule is C[C@H](c1ccc(Cl)cc1)N(C(=O)c1ccc([S@@](C)=O)cc1)C1CC1. The van der Waals surface area contributed by atoms with Crippen LogP contribution in [0.25, 0.3) is 0 Å². The first-order valence-electron chi connectivity index (χ1n) is 7.99. The van der Waals surface area contributed by atoms with E-state index in [1.807, 2.05) is 29.2 Å². The van der Waals surface area contributed by atoms with E-state index in [9.17, 15) is 9.00 Å². The summed E-state index contributed by atoms with van der Waals surface area (Å²) in [5.74, 6) is 0.0217. The predicted octanol–water partition coefficient (Wildman–Crippen LogP) is 4.44. The van der Waals surface area contributed by atoms with Crippen molar-refractivity contribution in [3.8, 4) is 0 Å². The summed E-state index contributed by atoms with van der Waals surface area (Å²) in [5.41, 5.74) is 1.71. The van der Waals surface area contributed by atoms with Crippen molar-refractivity contribution in [3.05, 3.63) is 64.7 Å². The molecule has 0 unspecified atom stereocenters. The Morgan fingerprint density at radius 1 is 1.12 bits per heavy atom. The van der Waals surface area contributed by atoms with Crippen LogP contribution in [-0.4, -0.2) is 27.3 Å². The number of carbonyl (C=O) groups excluding carboxylic acids is 1. The number of benzene rings is 2. The summed E-state index contributed by atoms with van der Waals surface area (Å²) >= 11 is 5.96. The molecule has 0 saturated heterocycles. The second-order valence-electron chi connectivity index (χ2n) is 6.15. The summed E-state index contributed by atoms with van der Waals surface area (Å²) < 4.78 is 11.5. The van der Waals surface area contributed by atoms with Crippen LogP contribution in [0.5, 0.6) is 0 Å². The molecule has 0 N–H and O–H groups in total. The van der Waals surface area contributed by atoms with E-state index in [1.54, 1.807) is 30.5 Å². The predicted molar refractivity (Wildman–Crippen MR) is 97.8 cm³/mol. The van der Waals surface area contributed by atoms with Gasteiger partial charge in [-0.1, -0.05) is 23.7 Å². The minimum atomic E-state index is -1.04. The molecular formula is C19H20ClNO2S. The Balaban J connectivity index is 1.86. The van der Waals surface area contributed by atoms with Crippen molar-refractivity contribution in [1.82, 2.24) is 4.90 Å². The highest BCUT2D eigenvalue weighted by Gasteiger charge is 2.36. The van der Waals surface area contributed by atoms with Crippen LogP contribution in [0.3, 0.4) is 0 Å². The Morgan fingerprint density at radius 2 is 1.71 bits per heavy atom. The minimum Gasteiger partial charge on any atom is -0.329 e. The van der Waals surface area contributed by atoms with Gasteiger partial charge in [-0.15, -0.1) is 0 Å². The van der Waals surface area contributed by atoms with Crippen LogP contribution in [0.2, 0.25) is 5.02 Å². The van der Waals surface area contributed by atoms with Crippen molar-refractivity contribution >= 4 is 28.3 Å². The first kappa shape index (κ1) is 17.2. The van der Waals surface area contributed by atoms with Crippen LogP contribution in [-0.2, 0) is 10.8 Å². The van der Waals surface area contributed by atoms with Crippen LogP contribution in [0.4, 0.5) is 0 Å². The average Bonchev–Trinajstić information content (AvgIpc) is 3.40. The third kappa shape index (κ3) is 3.70. The molecular weight excluding hydrogens is 342 g/mol. The first-order chi connectivity index (χ1) is 11.5. The van der Waals surface area contributed by atoms with Gasteiger partial charge in [0.25, 0.3) is 5.91 Å². The highest BCUT2D eigenvalue weighted by molar-refractivity contribution is 7.84. The van der Waals surface area contributed by atoms with Gasteiger partial charge < -0.3 is 4.90 Å². The maximum atomic E-state index is 13.0. The second kappa shape index (κ2) is 7.08. The molecule has 1 aliphatic carbocycles. The number of carbonyl (C=O) groups is 1. The van der Waals surface area contributed by atoms with Gasteiger partial charge in [-0.3, -0.25) is 9.00 Å². The number of nitrogens with zero attached hydrogens (tertiary/aromatic N) is 1. The molecule has 0 radical (unpaired) electrons. The summed E-state index contributed by atoms with van der Waals surface area (Å²) in [6.07, 6.45) is 3.72. The fraction of sp³-hybridized carbons (Fsp3) is 0.316. The van der Waals surface area contributed by atoms with Crippen LogP contribution in [0.15, 0.2) is 53.4 Å². The summed E-state index contributed by atoms with van der Waals surface area (Å²) in [7, 11) is -1.04. The van der Waals surface area contributed by atoms with Crippen molar-refractivity contribution in [2.24, 2.45) is 0 Å². The fourth-order valence-electron chi connectivity index (χ4n) is 2.85. The molecule has 0 spiro atoms. The first-order valence-corrected chi connectivity index (χ1v) is 9.92. The monoisotopic (exact) mass is 361 g/mol. The van der Waals surface area contributed by atoms with E-state index in [0.717, 1.165) is 23.3 Å². The van der Waals surface area contributed by atoms with E-state index >= 15 is 0 Å². The standard InChI is InChI=1S/C19H20ClNO2S/c1-13(14-3-7-16(20)8-4-14)21(17-9-10-17)19(22)15-5-11-18(12-6-15)24(2)23/h3-8,11-13,17H,9-10H2,1-2H3/t13-,24-/m1/s1. The summed E-state index contributed by atoms with van der Waals surface area (Å²) in [6.45, 7) is 2.05. The lowest BCUT2D eigenvalue weighted by molar-refractivity contribution is 0.0674. The summed E-state index contributed by atoms with van der Waals surface area (Å²) in [4.78, 5) is 15.7. The van der Waals surface area contributed by atoms with Crippen molar-refractivity contribution in [1.29, 1.82) is 0 Å². The van der Waals surface area contributed by atoms with E-state index < -0.39 is 10.8 Å². The normalized spacial score (nSPS) is 16.5. The molecule has 3 rings (SSSR count). The van der Waals surface area contributed by atoms with Gasteiger partial charge in [0, 0.05) is 38.6 Å². The molecule has 5 heteroatoms. The Bertz CT molecular complexity index is 754. The zero-order chi connectivity index (χ0) is 17.3. The van der Waals surface area contributed by atoms with Crippen LogP contribution in [0, 0.1) is 0 Å². The quantitative estimate of drug-likeness (QED) is 0.789. The second-order valence-corrected chi connectivity index (χ2v) is 7.97. The van der Waals surface area contributed by atoms with Crippen molar-refractivity contribution in [3.63, 3.8) is 0 Å². The van der Waals surface area contributed by atoms with E-state index in [1.165, 1.54) is 0 Å². The van der Waals surface area contributed by atoms with E-state index in [0.29, 0.717) is 16.6 Å². The van der Waals surface area contributed by atoms with Crippen LogP contribution < -0.4 is 0 Å². The zero-order valence-electron chi connectivity index (χ0n) is 13.7. The Hall–Kier alpha value is -1.65. The molecule has 0 bridgehead atoms. The third-order valence-corrected chi connectivity index (χ3v) is 5.57. The zero-order valence-corrected chi connectivity index (χ0v) is 15.3. The lowest BCUT2D eigenvalue weighted by Crippen LogP contribution is -2.35. The highest BCUT2D eigenvalue weighted by Crippen LogP contribution is 2.36. The number of rotatable bonds is 5. The molecule has 1 aliphatic rings. The molecule has 2 aromatic rings. The molecule has 24 heavy (non-hydrogen) atoms. The summed E-state index contributed by atoms with van der Waals surface area (Å²) in [6, 6.07) is 15.0. The molecule has 0 aromatic heterocycles. The molecule has 0 aliphatic heterocycles. The lowest BCUT2D eigenvalue weighted by Gasteiger charge is -2.30. The average molecular weight is 362 g/mol. The van der Waals surface area contributed by atoms with Gasteiger partial charge in [0.2, 0.25) is 0 Å². The Morgan fingerprint density at radius 3 is 2.21 bits per heavy atom. The molecule has 126 valence electrons. The molecule has 2 atom stereocenters. The molecule has 1 fully saturated rings. The molecule has 1 saturated carbocycles. The molecule has 3 nitrogen and oxygen atoms in total. The van der Waals surface area contributed by atoms with Crippen molar-refractivity contribution in [2.45, 2.75) is 36.7 Å².